The smallest absolute Gasteiger partial charge is 0.167 e. The average molecular weight is 734 g/mol. The SMILES string of the molecule is c1ccc(-c2ccc(-c3nc(-c4ccccc4)nc(-c4cccc5c4oc4c(-c6cccc(-c7ccc8sc9ccccc9c8c7)c6)cccc45)n3)cc2)cc1. The molecule has 262 valence electrons. The number of thiophene rings is 1. The summed E-state index contributed by atoms with van der Waals surface area (Å²) in [7, 11) is 0. The van der Waals surface area contributed by atoms with E-state index in [2.05, 4.69) is 146 Å². The number of hydrogen-bond donors (Lipinski definition) is 0. The Balaban J connectivity index is 1.03. The van der Waals surface area contributed by atoms with Crippen molar-refractivity contribution in [1.82, 2.24) is 15.0 Å². The number of rotatable bonds is 6. The van der Waals surface area contributed by atoms with Crippen molar-refractivity contribution in [3.05, 3.63) is 188 Å². The van der Waals surface area contributed by atoms with Crippen molar-refractivity contribution in [3.8, 4) is 67.5 Å². The predicted molar refractivity (Wildman–Crippen MR) is 233 cm³/mol. The molecule has 0 N–H and O–H groups in total. The van der Waals surface area contributed by atoms with Crippen LogP contribution in [0.25, 0.3) is 110 Å². The Labute approximate surface area is 327 Å². The number of aromatic nitrogens is 3. The van der Waals surface area contributed by atoms with E-state index in [1.54, 1.807) is 0 Å². The van der Waals surface area contributed by atoms with E-state index >= 15 is 0 Å². The van der Waals surface area contributed by atoms with Gasteiger partial charge in [-0.3, -0.25) is 0 Å². The van der Waals surface area contributed by atoms with Gasteiger partial charge in [0.2, 0.25) is 0 Å². The molecule has 8 aromatic carbocycles. The highest BCUT2D eigenvalue weighted by atomic mass is 32.1. The molecule has 5 heteroatoms. The number of fused-ring (bicyclic) bond motifs is 6. The maximum Gasteiger partial charge on any atom is 0.167 e. The van der Waals surface area contributed by atoms with Gasteiger partial charge in [-0.15, -0.1) is 11.3 Å². The van der Waals surface area contributed by atoms with E-state index in [4.69, 9.17) is 19.4 Å². The van der Waals surface area contributed by atoms with Crippen molar-refractivity contribution < 1.29 is 4.42 Å². The first-order valence-corrected chi connectivity index (χ1v) is 19.5. The molecule has 56 heavy (non-hydrogen) atoms. The molecule has 0 aliphatic heterocycles. The molecule has 0 bridgehead atoms. The van der Waals surface area contributed by atoms with Crippen LogP contribution < -0.4 is 0 Å². The fourth-order valence-electron chi connectivity index (χ4n) is 7.78. The second-order valence-corrected chi connectivity index (χ2v) is 15.1. The molecule has 0 atom stereocenters. The van der Waals surface area contributed by atoms with Gasteiger partial charge in [0.05, 0.1) is 5.56 Å². The van der Waals surface area contributed by atoms with Gasteiger partial charge in [0.25, 0.3) is 0 Å². The van der Waals surface area contributed by atoms with Crippen LogP contribution in [0.3, 0.4) is 0 Å². The van der Waals surface area contributed by atoms with Gasteiger partial charge in [0.15, 0.2) is 17.5 Å². The molecule has 3 aromatic heterocycles. The standard InChI is InChI=1S/C51H31N3OS/c1-3-12-32(13-4-1)33-24-26-35(27-25-33)50-52-49(34-14-5-2-6-15-34)53-51(54-50)43-22-11-21-42-41-20-10-19-39(47(41)55-48(42)43)38-17-9-16-36(30-38)37-28-29-46-44(31-37)40-18-7-8-23-45(40)56-46/h1-31H. The fraction of sp³-hybridized carbons (Fsp3) is 0. The first-order valence-electron chi connectivity index (χ1n) is 18.7. The highest BCUT2D eigenvalue weighted by Crippen LogP contribution is 2.41. The molecule has 0 amide bonds. The zero-order valence-electron chi connectivity index (χ0n) is 30.1. The van der Waals surface area contributed by atoms with E-state index in [9.17, 15) is 0 Å². The molecule has 11 rings (SSSR count). The van der Waals surface area contributed by atoms with Gasteiger partial charge in [-0.1, -0.05) is 158 Å². The summed E-state index contributed by atoms with van der Waals surface area (Å²) in [5.41, 5.74) is 11.0. The number of para-hydroxylation sites is 2. The number of benzene rings is 8. The maximum absolute atomic E-state index is 6.92. The van der Waals surface area contributed by atoms with E-state index < -0.39 is 0 Å². The van der Waals surface area contributed by atoms with Gasteiger partial charge in [-0.2, -0.15) is 0 Å². The lowest BCUT2D eigenvalue weighted by atomic mass is 9.97. The summed E-state index contributed by atoms with van der Waals surface area (Å²) in [6.07, 6.45) is 0. The normalized spacial score (nSPS) is 11.6. The Morgan fingerprint density at radius 3 is 1.55 bits per heavy atom. The van der Waals surface area contributed by atoms with Crippen LogP contribution in [0.4, 0.5) is 0 Å². The molecule has 0 spiro atoms. The van der Waals surface area contributed by atoms with Crippen molar-refractivity contribution in [2.24, 2.45) is 0 Å². The molecule has 4 nitrogen and oxygen atoms in total. The third-order valence-corrected chi connectivity index (χ3v) is 11.7. The third kappa shape index (κ3) is 5.56. The average Bonchev–Trinajstić information content (AvgIpc) is 3.85. The minimum absolute atomic E-state index is 0.561. The van der Waals surface area contributed by atoms with Crippen molar-refractivity contribution in [2.45, 2.75) is 0 Å². The first kappa shape index (κ1) is 32.2. The molecule has 0 saturated heterocycles. The Hall–Kier alpha value is -7.21. The molecule has 0 radical (unpaired) electrons. The zero-order valence-corrected chi connectivity index (χ0v) is 30.9. The first-order chi connectivity index (χ1) is 27.7. The lowest BCUT2D eigenvalue weighted by Gasteiger charge is -2.09. The quantitative estimate of drug-likeness (QED) is 0.171. The van der Waals surface area contributed by atoms with E-state index in [1.807, 2.05) is 53.8 Å². The van der Waals surface area contributed by atoms with Crippen molar-refractivity contribution in [1.29, 1.82) is 0 Å². The predicted octanol–water partition coefficient (Wildman–Crippen LogP) is 14.1. The molecule has 11 aromatic rings. The largest absolute Gasteiger partial charge is 0.455 e. The van der Waals surface area contributed by atoms with Crippen LogP contribution in [0.5, 0.6) is 0 Å². The third-order valence-electron chi connectivity index (χ3n) is 10.6. The van der Waals surface area contributed by atoms with Crippen molar-refractivity contribution >= 4 is 53.4 Å². The van der Waals surface area contributed by atoms with Gasteiger partial charge >= 0.3 is 0 Å². The topological polar surface area (TPSA) is 51.8 Å². The van der Waals surface area contributed by atoms with E-state index in [-0.39, 0.29) is 0 Å². The minimum Gasteiger partial charge on any atom is -0.455 e. The maximum atomic E-state index is 6.92. The summed E-state index contributed by atoms with van der Waals surface area (Å²) in [5, 5.41) is 4.66. The molecule has 3 heterocycles. The zero-order chi connectivity index (χ0) is 37.0. The van der Waals surface area contributed by atoms with Gasteiger partial charge in [-0.05, 0) is 58.1 Å². The Kier molecular flexibility index (Phi) is 7.64. The highest BCUT2D eigenvalue weighted by molar-refractivity contribution is 7.25. The summed E-state index contributed by atoms with van der Waals surface area (Å²) in [4.78, 5) is 15.2. The van der Waals surface area contributed by atoms with Gasteiger partial charge in [0.1, 0.15) is 11.2 Å². The van der Waals surface area contributed by atoms with Gasteiger partial charge < -0.3 is 4.42 Å². The Morgan fingerprint density at radius 1 is 0.304 bits per heavy atom. The summed E-state index contributed by atoms with van der Waals surface area (Å²) in [6.45, 7) is 0. The summed E-state index contributed by atoms with van der Waals surface area (Å²) in [6, 6.07) is 65.7. The fourth-order valence-corrected chi connectivity index (χ4v) is 8.87. The van der Waals surface area contributed by atoms with E-state index in [0.29, 0.717) is 17.5 Å². The molecule has 0 unspecified atom stereocenters. The van der Waals surface area contributed by atoms with Crippen LogP contribution >= 0.6 is 11.3 Å². The lowest BCUT2D eigenvalue weighted by molar-refractivity contribution is 0.670. The molecule has 0 fully saturated rings. The Morgan fingerprint density at radius 2 is 0.786 bits per heavy atom. The van der Waals surface area contributed by atoms with Gasteiger partial charge in [0, 0.05) is 47.6 Å². The van der Waals surface area contributed by atoms with Crippen molar-refractivity contribution in [3.63, 3.8) is 0 Å². The highest BCUT2D eigenvalue weighted by Gasteiger charge is 2.20. The minimum atomic E-state index is 0.561. The second kappa shape index (κ2) is 13.3. The summed E-state index contributed by atoms with van der Waals surface area (Å²) in [5.74, 6) is 1.77. The van der Waals surface area contributed by atoms with Crippen molar-refractivity contribution in [2.75, 3.05) is 0 Å². The van der Waals surface area contributed by atoms with E-state index in [1.165, 1.54) is 25.7 Å². The molecular weight excluding hydrogens is 703 g/mol. The van der Waals surface area contributed by atoms with Gasteiger partial charge in [-0.25, -0.2) is 15.0 Å². The van der Waals surface area contributed by atoms with Crippen LogP contribution in [-0.4, -0.2) is 15.0 Å². The monoisotopic (exact) mass is 733 g/mol. The molecule has 0 aliphatic carbocycles. The number of hydrogen-bond acceptors (Lipinski definition) is 5. The molecule has 0 aliphatic rings. The number of nitrogens with zero attached hydrogens (tertiary/aromatic N) is 3. The number of furan rings is 1. The summed E-state index contributed by atoms with van der Waals surface area (Å²) >= 11 is 1.84. The lowest BCUT2D eigenvalue weighted by Crippen LogP contribution is -2.00. The van der Waals surface area contributed by atoms with Crippen LogP contribution in [0.2, 0.25) is 0 Å². The van der Waals surface area contributed by atoms with Crippen LogP contribution in [0.15, 0.2) is 192 Å². The second-order valence-electron chi connectivity index (χ2n) is 14.0. The van der Waals surface area contributed by atoms with Crippen LogP contribution in [-0.2, 0) is 0 Å². The summed E-state index contributed by atoms with van der Waals surface area (Å²) < 4.78 is 9.53. The van der Waals surface area contributed by atoms with Crippen LogP contribution in [0.1, 0.15) is 0 Å². The molecular formula is C51H31N3OS. The van der Waals surface area contributed by atoms with E-state index in [0.717, 1.165) is 66.4 Å². The van der Waals surface area contributed by atoms with Crippen LogP contribution in [0, 0.1) is 0 Å². The molecule has 0 saturated carbocycles. The Bertz CT molecular complexity index is 3240.